The summed E-state index contributed by atoms with van der Waals surface area (Å²) in [6, 6.07) is 5.59. The maximum Gasteiger partial charge on any atom is 0.252 e. The van der Waals surface area contributed by atoms with E-state index in [4.69, 9.17) is 0 Å². The van der Waals surface area contributed by atoms with Gasteiger partial charge in [0.2, 0.25) is 0 Å². The number of rotatable bonds is 5. The Labute approximate surface area is 152 Å². The molecule has 25 heavy (non-hydrogen) atoms. The highest BCUT2D eigenvalue weighted by molar-refractivity contribution is 7.91. The van der Waals surface area contributed by atoms with Gasteiger partial charge in [-0.3, -0.25) is 0 Å². The average Bonchev–Trinajstić information content (AvgIpc) is 3.12. The van der Waals surface area contributed by atoms with Crippen molar-refractivity contribution in [1.29, 1.82) is 0 Å². The third-order valence-electron chi connectivity index (χ3n) is 4.29. The molecule has 1 saturated heterocycles. The highest BCUT2D eigenvalue weighted by Gasteiger charge is 2.30. The molecule has 136 valence electrons. The first-order valence-corrected chi connectivity index (χ1v) is 10.5. The van der Waals surface area contributed by atoms with Crippen molar-refractivity contribution >= 4 is 32.9 Å². The van der Waals surface area contributed by atoms with E-state index >= 15 is 0 Å². The lowest BCUT2D eigenvalue weighted by Gasteiger charge is -2.34. The molecule has 7 nitrogen and oxygen atoms in total. The summed E-state index contributed by atoms with van der Waals surface area (Å²) in [7, 11) is 0.513. The first-order valence-electron chi connectivity index (χ1n) is 8.25. The Hall–Kier alpha value is -1.71. The quantitative estimate of drug-likeness (QED) is 0.785. The summed E-state index contributed by atoms with van der Waals surface area (Å²) >= 11 is 1.36. The van der Waals surface area contributed by atoms with Crippen molar-refractivity contribution in [1.82, 2.24) is 14.5 Å². The van der Waals surface area contributed by atoms with Crippen LogP contribution in [0.3, 0.4) is 0 Å². The summed E-state index contributed by atoms with van der Waals surface area (Å²) in [5, 5.41) is 8.23. The van der Waals surface area contributed by atoms with Gasteiger partial charge in [-0.15, -0.1) is 16.4 Å². The Morgan fingerprint density at radius 1 is 1.20 bits per heavy atom. The van der Waals surface area contributed by atoms with Crippen LogP contribution < -0.4 is 9.80 Å². The van der Waals surface area contributed by atoms with Gasteiger partial charge in [0.15, 0.2) is 5.82 Å². The second-order valence-corrected chi connectivity index (χ2v) is 9.46. The number of sulfonamides is 1. The molecule has 1 fully saturated rings. The van der Waals surface area contributed by atoms with Crippen LogP contribution in [0.5, 0.6) is 0 Å². The predicted octanol–water partition coefficient (Wildman–Crippen LogP) is 1.68. The Morgan fingerprint density at radius 2 is 1.92 bits per heavy atom. The molecule has 0 atom stereocenters. The Balaban J connectivity index is 1.70. The molecule has 1 aliphatic heterocycles. The molecule has 2 aromatic heterocycles. The zero-order valence-corrected chi connectivity index (χ0v) is 16.3. The van der Waals surface area contributed by atoms with Gasteiger partial charge in [0.05, 0.1) is 11.9 Å². The summed E-state index contributed by atoms with van der Waals surface area (Å²) in [6.45, 7) is 4.16. The summed E-state index contributed by atoms with van der Waals surface area (Å²) < 4.78 is 27.6. The molecule has 0 unspecified atom stereocenters. The standard InChI is InChI=1S/C16H23N5O2S2/c1-4-14-5-6-16(24-14)25(22,23)21-9-7-20(8-10-21)15-11-13(19(2)3)12-17-18-15/h5-6,11-12H,4,7-10H2,1-3H3. The van der Waals surface area contributed by atoms with Gasteiger partial charge in [-0.05, 0) is 18.6 Å². The molecule has 0 amide bonds. The normalized spacial score (nSPS) is 16.2. The highest BCUT2D eigenvalue weighted by Crippen LogP contribution is 2.27. The third-order valence-corrected chi connectivity index (χ3v) is 7.88. The molecule has 0 radical (unpaired) electrons. The van der Waals surface area contributed by atoms with E-state index in [1.807, 2.05) is 38.1 Å². The predicted molar refractivity (Wildman–Crippen MR) is 101 cm³/mol. The number of hydrogen-bond acceptors (Lipinski definition) is 7. The number of aromatic nitrogens is 2. The van der Waals surface area contributed by atoms with Crippen molar-refractivity contribution in [2.75, 3.05) is 50.1 Å². The van der Waals surface area contributed by atoms with Crippen LogP contribution in [0.4, 0.5) is 11.5 Å². The fourth-order valence-corrected chi connectivity index (χ4v) is 5.59. The van der Waals surface area contributed by atoms with Crippen molar-refractivity contribution < 1.29 is 8.42 Å². The van der Waals surface area contributed by atoms with Crippen LogP contribution in [-0.4, -0.2) is 63.2 Å². The molecule has 9 heteroatoms. The molecule has 0 aromatic carbocycles. The summed E-state index contributed by atoms with van der Waals surface area (Å²) in [4.78, 5) is 5.15. The van der Waals surface area contributed by atoms with Gasteiger partial charge >= 0.3 is 0 Å². The van der Waals surface area contributed by atoms with Crippen LogP contribution in [0.2, 0.25) is 0 Å². The van der Waals surface area contributed by atoms with Crippen molar-refractivity contribution in [3.63, 3.8) is 0 Å². The largest absolute Gasteiger partial charge is 0.376 e. The molecule has 0 saturated carbocycles. The van der Waals surface area contributed by atoms with Gasteiger partial charge < -0.3 is 9.80 Å². The number of thiophene rings is 1. The fraction of sp³-hybridized carbons (Fsp3) is 0.500. The molecule has 0 aliphatic carbocycles. The zero-order chi connectivity index (χ0) is 18.0. The van der Waals surface area contributed by atoms with E-state index in [0.717, 1.165) is 22.8 Å². The minimum Gasteiger partial charge on any atom is -0.376 e. The lowest BCUT2D eigenvalue weighted by Crippen LogP contribution is -2.48. The van der Waals surface area contributed by atoms with Gasteiger partial charge in [0.1, 0.15) is 4.21 Å². The van der Waals surface area contributed by atoms with Crippen molar-refractivity contribution in [3.05, 3.63) is 29.3 Å². The van der Waals surface area contributed by atoms with Crippen LogP contribution in [0.1, 0.15) is 11.8 Å². The van der Waals surface area contributed by atoms with Gasteiger partial charge in [0.25, 0.3) is 10.0 Å². The molecule has 3 heterocycles. The molecule has 0 bridgehead atoms. The second kappa shape index (κ2) is 7.27. The second-order valence-electron chi connectivity index (χ2n) is 6.13. The zero-order valence-electron chi connectivity index (χ0n) is 14.7. The lowest BCUT2D eigenvalue weighted by molar-refractivity contribution is 0.384. The smallest absolute Gasteiger partial charge is 0.252 e. The van der Waals surface area contributed by atoms with E-state index in [1.165, 1.54) is 11.3 Å². The SMILES string of the molecule is CCc1ccc(S(=O)(=O)N2CCN(c3cc(N(C)C)cnn3)CC2)s1. The van der Waals surface area contributed by atoms with Crippen LogP contribution in [0.25, 0.3) is 0 Å². The highest BCUT2D eigenvalue weighted by atomic mass is 32.2. The number of piperazine rings is 1. The minimum absolute atomic E-state index is 0.437. The number of anilines is 2. The van der Waals surface area contributed by atoms with Crippen LogP contribution in [0, 0.1) is 0 Å². The summed E-state index contributed by atoms with van der Waals surface area (Å²) in [6.07, 6.45) is 2.57. The molecule has 0 spiro atoms. The number of aryl methyl sites for hydroxylation is 1. The topological polar surface area (TPSA) is 69.6 Å². The fourth-order valence-electron chi connectivity index (χ4n) is 2.72. The maximum absolute atomic E-state index is 12.8. The van der Waals surface area contributed by atoms with Gasteiger partial charge in [-0.1, -0.05) is 6.92 Å². The third kappa shape index (κ3) is 3.78. The van der Waals surface area contributed by atoms with Crippen LogP contribution in [-0.2, 0) is 16.4 Å². The Morgan fingerprint density at radius 3 is 2.52 bits per heavy atom. The number of nitrogens with zero attached hydrogens (tertiary/aromatic N) is 5. The Bertz CT molecular complexity index is 827. The van der Waals surface area contributed by atoms with Crippen molar-refractivity contribution in [2.45, 2.75) is 17.6 Å². The van der Waals surface area contributed by atoms with E-state index < -0.39 is 10.0 Å². The van der Waals surface area contributed by atoms with Crippen molar-refractivity contribution in [2.24, 2.45) is 0 Å². The van der Waals surface area contributed by atoms with Crippen molar-refractivity contribution in [3.8, 4) is 0 Å². The first-order chi connectivity index (χ1) is 11.9. The molecular weight excluding hydrogens is 358 g/mol. The molecule has 2 aromatic rings. The monoisotopic (exact) mass is 381 g/mol. The van der Waals surface area contributed by atoms with E-state index in [9.17, 15) is 8.42 Å². The van der Waals surface area contributed by atoms with Gasteiger partial charge in [0, 0.05) is 51.2 Å². The maximum atomic E-state index is 12.8. The minimum atomic E-state index is -3.40. The molecule has 0 N–H and O–H groups in total. The lowest BCUT2D eigenvalue weighted by atomic mass is 10.3. The van der Waals surface area contributed by atoms with Gasteiger partial charge in [-0.2, -0.15) is 9.40 Å². The first kappa shape index (κ1) is 18.1. The average molecular weight is 382 g/mol. The van der Waals surface area contributed by atoms with E-state index in [1.54, 1.807) is 16.6 Å². The van der Waals surface area contributed by atoms with E-state index in [0.29, 0.717) is 30.4 Å². The molecule has 1 aliphatic rings. The molecule has 3 rings (SSSR count). The molecular formula is C16H23N5O2S2. The van der Waals surface area contributed by atoms with Crippen LogP contribution in [0.15, 0.2) is 28.6 Å². The number of hydrogen-bond donors (Lipinski definition) is 0. The summed E-state index contributed by atoms with van der Waals surface area (Å²) in [5.74, 6) is 0.785. The summed E-state index contributed by atoms with van der Waals surface area (Å²) in [5.41, 5.74) is 0.978. The van der Waals surface area contributed by atoms with Gasteiger partial charge in [-0.25, -0.2) is 8.42 Å². The van der Waals surface area contributed by atoms with E-state index in [-0.39, 0.29) is 0 Å². The Kier molecular flexibility index (Phi) is 5.26. The van der Waals surface area contributed by atoms with Crippen LogP contribution >= 0.6 is 11.3 Å². The van der Waals surface area contributed by atoms with E-state index in [2.05, 4.69) is 15.1 Å².